The molecule has 26 heavy (non-hydrogen) atoms. The van der Waals surface area contributed by atoms with Crippen molar-refractivity contribution in [2.45, 2.75) is 58.9 Å². The van der Waals surface area contributed by atoms with Crippen molar-refractivity contribution in [1.82, 2.24) is 14.9 Å². The molecule has 0 bridgehead atoms. The van der Waals surface area contributed by atoms with E-state index in [0.717, 1.165) is 24.5 Å². The van der Waals surface area contributed by atoms with E-state index in [1.54, 1.807) is 6.20 Å². The van der Waals surface area contributed by atoms with E-state index < -0.39 is 0 Å². The Morgan fingerprint density at radius 2 is 1.92 bits per heavy atom. The van der Waals surface area contributed by atoms with Crippen LogP contribution in [-0.4, -0.2) is 28.6 Å². The number of amides is 1. The van der Waals surface area contributed by atoms with Crippen molar-refractivity contribution in [2.24, 2.45) is 0 Å². The number of benzene rings is 1. The van der Waals surface area contributed by atoms with Crippen molar-refractivity contribution in [1.29, 1.82) is 0 Å². The van der Waals surface area contributed by atoms with Crippen molar-refractivity contribution >= 4 is 5.91 Å². The minimum atomic E-state index is 0.0824. The average Bonchev–Trinajstić information content (AvgIpc) is 3.00. The molecular weight excluding hydrogens is 326 g/mol. The van der Waals surface area contributed by atoms with Crippen LogP contribution in [0.15, 0.2) is 36.7 Å². The van der Waals surface area contributed by atoms with E-state index in [9.17, 15) is 4.79 Å². The summed E-state index contributed by atoms with van der Waals surface area (Å²) in [5.41, 5.74) is 1.43. The molecule has 0 fully saturated rings. The van der Waals surface area contributed by atoms with Gasteiger partial charge in [-0.05, 0) is 42.9 Å². The predicted octanol–water partition coefficient (Wildman–Crippen LogP) is 3.85. The molecule has 1 aromatic carbocycles. The van der Waals surface area contributed by atoms with Gasteiger partial charge < -0.3 is 14.6 Å². The number of nitrogens with zero attached hydrogens (tertiary/aromatic N) is 2. The van der Waals surface area contributed by atoms with Crippen molar-refractivity contribution < 1.29 is 9.53 Å². The fraction of sp³-hybridized carbons (Fsp3) is 0.524. The average molecular weight is 357 g/mol. The molecule has 0 aliphatic carbocycles. The number of rotatable bonds is 9. The maximum Gasteiger partial charge on any atom is 0.220 e. The summed E-state index contributed by atoms with van der Waals surface area (Å²) < 4.78 is 7.81. The van der Waals surface area contributed by atoms with Crippen LogP contribution in [-0.2, 0) is 16.8 Å². The second-order valence-electron chi connectivity index (χ2n) is 7.60. The number of hydrogen-bond donors (Lipinski definition) is 1. The van der Waals surface area contributed by atoms with Crippen LogP contribution in [0.5, 0.6) is 5.75 Å². The summed E-state index contributed by atoms with van der Waals surface area (Å²) in [5, 5.41) is 2.96. The maximum absolute atomic E-state index is 11.9. The first-order valence-corrected chi connectivity index (χ1v) is 9.34. The molecule has 0 spiro atoms. The van der Waals surface area contributed by atoms with E-state index in [2.05, 4.69) is 47.8 Å². The molecule has 0 radical (unpaired) electrons. The number of imidazole rings is 1. The van der Waals surface area contributed by atoms with Gasteiger partial charge in [-0.1, -0.05) is 32.9 Å². The van der Waals surface area contributed by atoms with Crippen LogP contribution < -0.4 is 10.1 Å². The summed E-state index contributed by atoms with van der Waals surface area (Å²) in [6.07, 6.45) is 5.87. The fourth-order valence-electron chi connectivity index (χ4n) is 2.68. The number of carbonyl (C=O) groups is 1. The Morgan fingerprint density at radius 1 is 1.19 bits per heavy atom. The van der Waals surface area contributed by atoms with Crippen molar-refractivity contribution in [3.63, 3.8) is 0 Å². The van der Waals surface area contributed by atoms with Gasteiger partial charge in [-0.25, -0.2) is 4.98 Å². The maximum atomic E-state index is 11.9. The second-order valence-corrected chi connectivity index (χ2v) is 7.60. The van der Waals surface area contributed by atoms with Gasteiger partial charge in [-0.2, -0.15) is 0 Å². The zero-order valence-electron chi connectivity index (χ0n) is 16.4. The van der Waals surface area contributed by atoms with Gasteiger partial charge in [0.25, 0.3) is 0 Å². The molecule has 1 N–H and O–H groups in total. The van der Waals surface area contributed by atoms with Crippen molar-refractivity contribution in [2.75, 3.05) is 13.2 Å². The highest BCUT2D eigenvalue weighted by atomic mass is 16.5. The zero-order chi connectivity index (χ0) is 19.0. The number of hydrogen-bond acceptors (Lipinski definition) is 3. The smallest absolute Gasteiger partial charge is 0.220 e. The fourth-order valence-corrected chi connectivity index (χ4v) is 2.68. The Labute approximate surface area is 156 Å². The monoisotopic (exact) mass is 357 g/mol. The first-order valence-electron chi connectivity index (χ1n) is 9.34. The molecule has 1 aromatic heterocycles. The second kappa shape index (κ2) is 9.41. The third-order valence-electron chi connectivity index (χ3n) is 4.36. The van der Waals surface area contributed by atoms with Crippen LogP contribution in [0, 0.1) is 6.92 Å². The van der Waals surface area contributed by atoms with Crippen molar-refractivity contribution in [3.8, 4) is 5.75 Å². The molecule has 0 aliphatic heterocycles. The summed E-state index contributed by atoms with van der Waals surface area (Å²) in [4.78, 5) is 16.0. The summed E-state index contributed by atoms with van der Waals surface area (Å²) in [6.45, 7) is 10.7. The summed E-state index contributed by atoms with van der Waals surface area (Å²) in [6, 6.07) is 8.20. The Bertz CT molecular complexity index is 684. The highest BCUT2D eigenvalue weighted by Gasteiger charge is 2.12. The third-order valence-corrected chi connectivity index (χ3v) is 4.36. The Morgan fingerprint density at radius 3 is 2.54 bits per heavy atom. The molecule has 0 atom stereocenters. The van der Waals surface area contributed by atoms with E-state index in [1.165, 1.54) is 5.56 Å². The van der Waals surface area contributed by atoms with Gasteiger partial charge >= 0.3 is 0 Å². The molecule has 2 aromatic rings. The highest BCUT2D eigenvalue weighted by Crippen LogP contribution is 2.24. The SMILES string of the molecule is Cc1nccn1CCCNC(=O)CCCOc1ccc(C(C)(C)C)cc1. The van der Waals surface area contributed by atoms with Gasteiger partial charge in [0.05, 0.1) is 6.61 Å². The van der Waals surface area contributed by atoms with E-state index in [1.807, 2.05) is 25.3 Å². The van der Waals surface area contributed by atoms with Gasteiger partial charge in [-0.15, -0.1) is 0 Å². The Balaban J connectivity index is 1.56. The molecule has 5 nitrogen and oxygen atoms in total. The predicted molar refractivity (Wildman–Crippen MR) is 104 cm³/mol. The molecule has 5 heteroatoms. The first kappa shape index (κ1) is 20.0. The van der Waals surface area contributed by atoms with Crippen LogP contribution in [0.2, 0.25) is 0 Å². The summed E-state index contributed by atoms with van der Waals surface area (Å²) >= 11 is 0. The lowest BCUT2D eigenvalue weighted by Gasteiger charge is -2.19. The number of aromatic nitrogens is 2. The molecule has 2 rings (SSSR count). The highest BCUT2D eigenvalue weighted by molar-refractivity contribution is 5.75. The van der Waals surface area contributed by atoms with Crippen LogP contribution >= 0.6 is 0 Å². The number of nitrogens with one attached hydrogen (secondary N) is 1. The van der Waals surface area contributed by atoms with Gasteiger partial charge in [0.1, 0.15) is 11.6 Å². The molecule has 0 saturated carbocycles. The molecule has 142 valence electrons. The molecule has 1 heterocycles. The Kier molecular flexibility index (Phi) is 7.25. The lowest BCUT2D eigenvalue weighted by Crippen LogP contribution is -2.25. The van der Waals surface area contributed by atoms with Crippen LogP contribution in [0.3, 0.4) is 0 Å². The molecule has 0 unspecified atom stereocenters. The quantitative estimate of drug-likeness (QED) is 0.694. The Hall–Kier alpha value is -2.30. The minimum Gasteiger partial charge on any atom is -0.494 e. The summed E-state index contributed by atoms with van der Waals surface area (Å²) in [7, 11) is 0. The van der Waals surface area contributed by atoms with Crippen LogP contribution in [0.25, 0.3) is 0 Å². The normalized spacial score (nSPS) is 11.4. The zero-order valence-corrected chi connectivity index (χ0v) is 16.4. The summed E-state index contributed by atoms with van der Waals surface area (Å²) in [5.74, 6) is 1.94. The van der Waals surface area contributed by atoms with Gasteiger partial charge in [0.2, 0.25) is 5.91 Å². The first-order chi connectivity index (χ1) is 12.4. The topological polar surface area (TPSA) is 56.2 Å². The van der Waals surface area contributed by atoms with Crippen LogP contribution in [0.1, 0.15) is 51.4 Å². The largest absolute Gasteiger partial charge is 0.494 e. The molecule has 0 saturated heterocycles. The lowest BCUT2D eigenvalue weighted by molar-refractivity contribution is -0.121. The minimum absolute atomic E-state index is 0.0824. The van der Waals surface area contributed by atoms with E-state index in [4.69, 9.17) is 4.74 Å². The van der Waals surface area contributed by atoms with Gasteiger partial charge in [0.15, 0.2) is 0 Å². The third kappa shape index (κ3) is 6.54. The number of aryl methyl sites for hydroxylation is 2. The standard InChI is InChI=1S/C21H31N3O2/c1-17-22-13-15-24(17)14-6-12-23-20(25)7-5-16-26-19-10-8-18(9-11-19)21(2,3)4/h8-11,13,15H,5-7,12,14,16H2,1-4H3,(H,23,25). The van der Waals surface area contributed by atoms with Gasteiger partial charge in [0, 0.05) is 31.9 Å². The van der Waals surface area contributed by atoms with Crippen molar-refractivity contribution in [3.05, 3.63) is 48.0 Å². The number of carbonyl (C=O) groups excluding carboxylic acids is 1. The van der Waals surface area contributed by atoms with E-state index >= 15 is 0 Å². The lowest BCUT2D eigenvalue weighted by atomic mass is 9.87. The molecular formula is C21H31N3O2. The molecule has 0 aliphatic rings. The number of ether oxygens (including phenoxy) is 1. The van der Waals surface area contributed by atoms with E-state index in [0.29, 0.717) is 26.0 Å². The van der Waals surface area contributed by atoms with E-state index in [-0.39, 0.29) is 11.3 Å². The molecule has 1 amide bonds. The van der Waals surface area contributed by atoms with Gasteiger partial charge in [-0.3, -0.25) is 4.79 Å². The van der Waals surface area contributed by atoms with Crippen LogP contribution in [0.4, 0.5) is 0 Å².